The molecule has 1 aliphatic rings. The van der Waals surface area contributed by atoms with E-state index in [4.69, 9.17) is 17.3 Å². The van der Waals surface area contributed by atoms with E-state index in [0.29, 0.717) is 12.0 Å². The molecular weight excluding hydrogens is 286 g/mol. The van der Waals surface area contributed by atoms with E-state index in [-0.39, 0.29) is 12.5 Å². The Bertz CT molecular complexity index is 640. The van der Waals surface area contributed by atoms with E-state index in [2.05, 4.69) is 16.4 Å². The topological polar surface area (TPSA) is 68.0 Å². The SMILES string of the molecule is NC(=O)CNC1CC1c1ccc(-c2ccc(Cl)cc2)nc1. The molecule has 1 aromatic carbocycles. The van der Waals surface area contributed by atoms with Crippen molar-refractivity contribution in [1.82, 2.24) is 10.3 Å². The summed E-state index contributed by atoms with van der Waals surface area (Å²) in [4.78, 5) is 15.2. The monoisotopic (exact) mass is 301 g/mol. The van der Waals surface area contributed by atoms with Crippen LogP contribution in [0.1, 0.15) is 17.9 Å². The average Bonchev–Trinajstić information content (AvgIpc) is 3.26. The molecule has 2 aromatic rings. The van der Waals surface area contributed by atoms with Crippen LogP contribution >= 0.6 is 11.6 Å². The number of carbonyl (C=O) groups excluding carboxylic acids is 1. The van der Waals surface area contributed by atoms with Crippen molar-refractivity contribution in [1.29, 1.82) is 0 Å². The second-order valence-corrected chi connectivity index (χ2v) is 5.72. The number of pyridine rings is 1. The van der Waals surface area contributed by atoms with E-state index in [0.717, 1.165) is 22.7 Å². The summed E-state index contributed by atoms with van der Waals surface area (Å²) in [5.74, 6) is 0.105. The average molecular weight is 302 g/mol. The minimum absolute atomic E-state index is 0.234. The molecule has 3 N–H and O–H groups in total. The number of hydrogen-bond acceptors (Lipinski definition) is 3. The van der Waals surface area contributed by atoms with Gasteiger partial charge >= 0.3 is 0 Å². The lowest BCUT2D eigenvalue weighted by atomic mass is 10.1. The summed E-state index contributed by atoms with van der Waals surface area (Å²) in [6, 6.07) is 12.1. The van der Waals surface area contributed by atoms with Gasteiger partial charge in [0.25, 0.3) is 0 Å². The Morgan fingerprint density at radius 2 is 2.05 bits per heavy atom. The molecule has 0 radical (unpaired) electrons. The number of nitrogens with zero attached hydrogens (tertiary/aromatic N) is 1. The van der Waals surface area contributed by atoms with Gasteiger partial charge in [-0.15, -0.1) is 0 Å². The van der Waals surface area contributed by atoms with Crippen LogP contribution in [0.2, 0.25) is 5.02 Å². The van der Waals surface area contributed by atoms with Crippen molar-refractivity contribution in [3.8, 4) is 11.3 Å². The molecular formula is C16H16ClN3O. The molecule has 2 unspecified atom stereocenters. The summed E-state index contributed by atoms with van der Waals surface area (Å²) < 4.78 is 0. The predicted octanol–water partition coefficient (Wildman–Crippen LogP) is 2.33. The summed E-state index contributed by atoms with van der Waals surface area (Å²) in [7, 11) is 0. The smallest absolute Gasteiger partial charge is 0.231 e. The van der Waals surface area contributed by atoms with Gasteiger partial charge in [0.1, 0.15) is 0 Å². The molecule has 5 heteroatoms. The van der Waals surface area contributed by atoms with Crippen LogP contribution in [-0.4, -0.2) is 23.5 Å². The first-order valence-electron chi connectivity index (χ1n) is 6.87. The highest BCUT2D eigenvalue weighted by Gasteiger charge is 2.38. The van der Waals surface area contributed by atoms with E-state index in [9.17, 15) is 4.79 Å². The summed E-state index contributed by atoms with van der Waals surface area (Å²) >= 11 is 5.88. The predicted molar refractivity (Wildman–Crippen MR) is 83.0 cm³/mol. The molecule has 1 aliphatic carbocycles. The number of carbonyl (C=O) groups is 1. The quantitative estimate of drug-likeness (QED) is 0.890. The number of halogens is 1. The van der Waals surface area contributed by atoms with Crippen LogP contribution in [-0.2, 0) is 4.79 Å². The van der Waals surface area contributed by atoms with Crippen LogP contribution in [0.25, 0.3) is 11.3 Å². The highest BCUT2D eigenvalue weighted by Crippen LogP contribution is 2.40. The Labute approximate surface area is 128 Å². The Kier molecular flexibility index (Phi) is 3.90. The van der Waals surface area contributed by atoms with Crippen molar-refractivity contribution in [2.24, 2.45) is 5.73 Å². The summed E-state index contributed by atoms with van der Waals surface area (Å²) in [6.45, 7) is 0.234. The van der Waals surface area contributed by atoms with Gasteiger partial charge in [-0.05, 0) is 30.2 Å². The molecule has 1 amide bonds. The summed E-state index contributed by atoms with van der Waals surface area (Å²) in [6.07, 6.45) is 2.93. The summed E-state index contributed by atoms with van der Waals surface area (Å²) in [5, 5.41) is 3.86. The molecule has 1 fully saturated rings. The number of benzene rings is 1. The molecule has 21 heavy (non-hydrogen) atoms. The van der Waals surface area contributed by atoms with E-state index < -0.39 is 0 Å². The Balaban J connectivity index is 1.65. The second-order valence-electron chi connectivity index (χ2n) is 5.28. The standard InChI is InChI=1S/C16H16ClN3O/c17-12-4-1-10(2-5-12)14-6-3-11(8-19-14)13-7-15(13)20-9-16(18)21/h1-6,8,13,15,20H,7,9H2,(H2,18,21). The minimum Gasteiger partial charge on any atom is -0.369 e. The molecule has 3 rings (SSSR count). The van der Waals surface area contributed by atoms with Crippen molar-refractivity contribution in [2.45, 2.75) is 18.4 Å². The lowest BCUT2D eigenvalue weighted by Gasteiger charge is -2.04. The third-order valence-electron chi connectivity index (χ3n) is 3.68. The van der Waals surface area contributed by atoms with Crippen molar-refractivity contribution in [3.63, 3.8) is 0 Å². The second kappa shape index (κ2) is 5.84. The van der Waals surface area contributed by atoms with Crippen LogP contribution in [0.5, 0.6) is 0 Å². The van der Waals surface area contributed by atoms with Crippen LogP contribution in [0.3, 0.4) is 0 Å². The molecule has 1 saturated carbocycles. The normalized spacial score (nSPS) is 20.2. The first kappa shape index (κ1) is 14.0. The number of primary amides is 1. The fourth-order valence-electron chi connectivity index (χ4n) is 2.44. The number of hydrogen-bond donors (Lipinski definition) is 2. The summed E-state index contributed by atoms with van der Waals surface area (Å²) in [5.41, 5.74) is 8.29. The van der Waals surface area contributed by atoms with E-state index in [1.807, 2.05) is 36.5 Å². The molecule has 1 heterocycles. The zero-order chi connectivity index (χ0) is 14.8. The van der Waals surface area contributed by atoms with Crippen LogP contribution in [0.15, 0.2) is 42.6 Å². The first-order valence-corrected chi connectivity index (χ1v) is 7.25. The maximum atomic E-state index is 10.7. The molecule has 2 atom stereocenters. The highest BCUT2D eigenvalue weighted by molar-refractivity contribution is 6.30. The third kappa shape index (κ3) is 3.40. The Hall–Kier alpha value is -1.91. The maximum absolute atomic E-state index is 10.7. The molecule has 108 valence electrons. The van der Waals surface area contributed by atoms with Gasteiger partial charge in [0.2, 0.25) is 5.91 Å². The highest BCUT2D eigenvalue weighted by atomic mass is 35.5. The largest absolute Gasteiger partial charge is 0.369 e. The van der Waals surface area contributed by atoms with Crippen LogP contribution < -0.4 is 11.1 Å². The molecule has 0 spiro atoms. The number of aromatic nitrogens is 1. The number of amides is 1. The lowest BCUT2D eigenvalue weighted by Crippen LogP contribution is -2.30. The Morgan fingerprint density at radius 3 is 2.67 bits per heavy atom. The zero-order valence-corrected chi connectivity index (χ0v) is 12.2. The molecule has 0 aliphatic heterocycles. The van der Waals surface area contributed by atoms with Gasteiger partial charge < -0.3 is 11.1 Å². The van der Waals surface area contributed by atoms with Crippen LogP contribution in [0, 0.1) is 0 Å². The van der Waals surface area contributed by atoms with E-state index in [1.54, 1.807) is 0 Å². The van der Waals surface area contributed by atoms with Gasteiger partial charge in [0.05, 0.1) is 12.2 Å². The minimum atomic E-state index is -0.322. The number of rotatable bonds is 5. The van der Waals surface area contributed by atoms with Gasteiger partial charge in [-0.1, -0.05) is 29.8 Å². The zero-order valence-electron chi connectivity index (χ0n) is 11.4. The third-order valence-corrected chi connectivity index (χ3v) is 3.94. The lowest BCUT2D eigenvalue weighted by molar-refractivity contribution is -0.117. The molecule has 1 aromatic heterocycles. The number of nitrogens with two attached hydrogens (primary N) is 1. The molecule has 0 bridgehead atoms. The van der Waals surface area contributed by atoms with Gasteiger partial charge in [-0.3, -0.25) is 9.78 Å². The fraction of sp³-hybridized carbons (Fsp3) is 0.250. The molecule has 0 saturated heterocycles. The van der Waals surface area contributed by atoms with Crippen molar-refractivity contribution in [2.75, 3.05) is 6.54 Å². The molecule has 4 nitrogen and oxygen atoms in total. The Morgan fingerprint density at radius 1 is 1.29 bits per heavy atom. The van der Waals surface area contributed by atoms with Crippen molar-refractivity contribution < 1.29 is 4.79 Å². The van der Waals surface area contributed by atoms with Crippen molar-refractivity contribution >= 4 is 17.5 Å². The van der Waals surface area contributed by atoms with E-state index >= 15 is 0 Å². The van der Waals surface area contributed by atoms with Crippen molar-refractivity contribution in [3.05, 3.63) is 53.2 Å². The van der Waals surface area contributed by atoms with Gasteiger partial charge in [0.15, 0.2) is 0 Å². The van der Waals surface area contributed by atoms with Gasteiger partial charge in [-0.2, -0.15) is 0 Å². The fourth-order valence-corrected chi connectivity index (χ4v) is 2.56. The first-order chi connectivity index (χ1) is 10.1. The van der Waals surface area contributed by atoms with Gasteiger partial charge in [0, 0.05) is 28.7 Å². The maximum Gasteiger partial charge on any atom is 0.231 e. The van der Waals surface area contributed by atoms with Gasteiger partial charge in [-0.25, -0.2) is 0 Å². The number of nitrogens with one attached hydrogen (secondary N) is 1. The van der Waals surface area contributed by atoms with Crippen LogP contribution in [0.4, 0.5) is 0 Å². The van der Waals surface area contributed by atoms with E-state index in [1.165, 1.54) is 5.56 Å².